The average Bonchev–Trinajstić information content (AvgIpc) is 2.94. The summed E-state index contributed by atoms with van der Waals surface area (Å²) in [5.41, 5.74) is 15.7. The molecule has 0 amide bonds. The van der Waals surface area contributed by atoms with Crippen LogP contribution in [-0.4, -0.2) is 13.0 Å². The normalized spacial score (nSPS) is 11.6. The Morgan fingerprint density at radius 1 is 0.511 bits per heavy atom. The van der Waals surface area contributed by atoms with E-state index in [1.165, 1.54) is 39.4 Å². The second kappa shape index (κ2) is 12.5. The molecule has 0 bridgehead atoms. The first-order chi connectivity index (χ1) is 21.2. The summed E-state index contributed by atoms with van der Waals surface area (Å²) in [4.78, 5) is -0.0880. The zero-order valence-corrected chi connectivity index (χ0v) is 28.1. The maximum atomic E-state index is 12.6. The molecule has 0 aromatic heterocycles. The number of aryl methyl sites for hydroxylation is 8. The summed E-state index contributed by atoms with van der Waals surface area (Å²) < 4.78 is 35.5. The van der Waals surface area contributed by atoms with Crippen molar-refractivity contribution in [3.8, 4) is 0 Å². The monoisotopic (exact) mass is 618 g/mol. The molecule has 0 fully saturated rings. The van der Waals surface area contributed by atoms with Crippen molar-refractivity contribution in [1.82, 2.24) is 0 Å². The first-order valence-corrected chi connectivity index (χ1v) is 16.6. The molecule has 0 aliphatic heterocycles. The van der Waals surface area contributed by atoms with Crippen molar-refractivity contribution in [2.75, 3.05) is 10.6 Å². The van der Waals surface area contributed by atoms with Gasteiger partial charge in [-0.3, -0.25) is 4.55 Å². The van der Waals surface area contributed by atoms with Crippen LogP contribution in [0.1, 0.15) is 67.1 Å². The van der Waals surface area contributed by atoms with Crippen LogP contribution in [-0.2, 0) is 10.1 Å². The van der Waals surface area contributed by atoms with Gasteiger partial charge in [0.2, 0.25) is 0 Å². The van der Waals surface area contributed by atoms with E-state index in [1.54, 1.807) is 12.1 Å². The fourth-order valence-electron chi connectivity index (χ4n) is 6.65. The summed E-state index contributed by atoms with van der Waals surface area (Å²) in [6, 6.07) is 27.8. The van der Waals surface area contributed by atoms with E-state index in [4.69, 9.17) is 0 Å². The van der Waals surface area contributed by atoms with Crippen LogP contribution in [0.3, 0.4) is 0 Å². The lowest BCUT2D eigenvalue weighted by atomic mass is 9.81. The van der Waals surface area contributed by atoms with Crippen molar-refractivity contribution < 1.29 is 13.0 Å². The molecular formula is C39H42N2O3S. The first kappa shape index (κ1) is 32.0. The van der Waals surface area contributed by atoms with Crippen LogP contribution in [0.5, 0.6) is 0 Å². The molecule has 0 heterocycles. The highest BCUT2D eigenvalue weighted by molar-refractivity contribution is 7.85. The van der Waals surface area contributed by atoms with Crippen LogP contribution in [0.4, 0.5) is 22.7 Å². The Balaban J connectivity index is 1.61. The van der Waals surface area contributed by atoms with Crippen molar-refractivity contribution in [1.29, 1.82) is 0 Å². The summed E-state index contributed by atoms with van der Waals surface area (Å²) in [5.74, 6) is -0.433. The molecule has 0 aliphatic rings. The third kappa shape index (κ3) is 6.82. The molecule has 45 heavy (non-hydrogen) atoms. The summed E-state index contributed by atoms with van der Waals surface area (Å²) in [6.45, 7) is 16.7. The molecule has 0 saturated heterocycles. The molecule has 5 aromatic rings. The zero-order valence-electron chi connectivity index (χ0n) is 27.3. The molecule has 0 saturated carbocycles. The van der Waals surface area contributed by atoms with E-state index in [0.29, 0.717) is 5.56 Å². The Morgan fingerprint density at radius 2 is 0.911 bits per heavy atom. The van der Waals surface area contributed by atoms with E-state index in [-0.39, 0.29) is 4.90 Å². The molecule has 5 rings (SSSR count). The maximum absolute atomic E-state index is 12.6. The minimum absolute atomic E-state index is 0.0880. The number of nitrogens with one attached hydrogen (secondary N) is 2. The Hall–Kier alpha value is -4.39. The molecular weight excluding hydrogens is 577 g/mol. The van der Waals surface area contributed by atoms with E-state index >= 15 is 0 Å². The Labute approximate surface area is 268 Å². The number of rotatable bonds is 8. The Bertz CT molecular complexity index is 1870. The van der Waals surface area contributed by atoms with Gasteiger partial charge in [0.15, 0.2) is 0 Å². The molecule has 0 spiro atoms. The van der Waals surface area contributed by atoms with Crippen LogP contribution in [0.25, 0.3) is 0 Å². The smallest absolute Gasteiger partial charge is 0.294 e. The second-order valence-corrected chi connectivity index (χ2v) is 13.8. The average molecular weight is 619 g/mol. The number of anilines is 4. The fraction of sp³-hybridized carbons (Fsp3) is 0.231. The second-order valence-electron chi connectivity index (χ2n) is 12.4. The number of benzene rings is 5. The third-order valence-electron chi connectivity index (χ3n) is 8.56. The van der Waals surface area contributed by atoms with Crippen LogP contribution in [0.2, 0.25) is 0 Å². The van der Waals surface area contributed by atoms with Crippen LogP contribution in [0.15, 0.2) is 89.8 Å². The van der Waals surface area contributed by atoms with Gasteiger partial charge in [0, 0.05) is 28.7 Å². The van der Waals surface area contributed by atoms with Crippen molar-refractivity contribution in [2.45, 2.75) is 66.2 Å². The predicted octanol–water partition coefficient (Wildman–Crippen LogP) is 10.1. The molecule has 232 valence electrons. The van der Waals surface area contributed by atoms with Crippen molar-refractivity contribution in [3.63, 3.8) is 0 Å². The van der Waals surface area contributed by atoms with Crippen molar-refractivity contribution >= 4 is 32.9 Å². The molecule has 0 unspecified atom stereocenters. The molecule has 3 N–H and O–H groups in total. The van der Waals surface area contributed by atoms with Gasteiger partial charge in [-0.05, 0) is 136 Å². The standard InChI is InChI=1S/C39H42N2O3S/c1-23-17-27(5)38(28(6)18-23)40-31-13-15-33(25(3)21-31)37(35-11-9-10-12-36(35)45(42,43)44)34-16-14-32(22-26(34)4)41-39-29(7)19-24(2)20-30(39)8/h9-22,37,40-41H,1-8H3,(H,42,43,44). The topological polar surface area (TPSA) is 78.4 Å². The Kier molecular flexibility index (Phi) is 8.92. The van der Waals surface area contributed by atoms with E-state index < -0.39 is 16.0 Å². The van der Waals surface area contributed by atoms with Crippen molar-refractivity contribution in [2.24, 2.45) is 0 Å². The summed E-state index contributed by atoms with van der Waals surface area (Å²) in [5, 5.41) is 7.20. The highest BCUT2D eigenvalue weighted by atomic mass is 32.2. The molecule has 5 aromatic carbocycles. The van der Waals surface area contributed by atoms with Crippen LogP contribution in [0, 0.1) is 55.4 Å². The fourth-order valence-corrected chi connectivity index (χ4v) is 7.39. The minimum atomic E-state index is -4.47. The van der Waals surface area contributed by atoms with Gasteiger partial charge in [-0.25, -0.2) is 0 Å². The van der Waals surface area contributed by atoms with Crippen molar-refractivity contribution in [3.05, 3.63) is 146 Å². The van der Waals surface area contributed by atoms with Gasteiger partial charge in [0.05, 0.1) is 4.90 Å². The maximum Gasteiger partial charge on any atom is 0.294 e. The van der Waals surface area contributed by atoms with Gasteiger partial charge < -0.3 is 10.6 Å². The lowest BCUT2D eigenvalue weighted by Crippen LogP contribution is -2.13. The number of hydrogen-bond donors (Lipinski definition) is 3. The quantitative estimate of drug-likeness (QED) is 0.119. The number of hydrogen-bond acceptors (Lipinski definition) is 4. The molecule has 0 radical (unpaired) electrons. The molecule has 0 atom stereocenters. The highest BCUT2D eigenvalue weighted by Crippen LogP contribution is 2.40. The minimum Gasteiger partial charge on any atom is -0.355 e. The SMILES string of the molecule is Cc1cc(C)c(Nc2ccc(C(c3ccc(Nc4c(C)cc(C)cc4C)cc3C)c3ccccc3S(=O)(=O)O)c(C)c2)c(C)c1. The summed E-state index contributed by atoms with van der Waals surface area (Å²) in [6.07, 6.45) is 0. The molecule has 0 aliphatic carbocycles. The summed E-state index contributed by atoms with van der Waals surface area (Å²) in [7, 11) is -4.47. The lowest BCUT2D eigenvalue weighted by molar-refractivity contribution is 0.482. The van der Waals surface area contributed by atoms with Gasteiger partial charge >= 0.3 is 0 Å². The van der Waals surface area contributed by atoms with Gasteiger partial charge in [-0.2, -0.15) is 8.42 Å². The largest absolute Gasteiger partial charge is 0.355 e. The van der Waals surface area contributed by atoms with E-state index in [0.717, 1.165) is 45.0 Å². The van der Waals surface area contributed by atoms with Gasteiger partial charge in [-0.15, -0.1) is 0 Å². The van der Waals surface area contributed by atoms with Crippen LogP contribution < -0.4 is 10.6 Å². The Morgan fingerprint density at radius 3 is 1.29 bits per heavy atom. The van der Waals surface area contributed by atoms with E-state index in [9.17, 15) is 13.0 Å². The summed E-state index contributed by atoms with van der Waals surface area (Å²) >= 11 is 0. The lowest BCUT2D eigenvalue weighted by Gasteiger charge is -2.25. The third-order valence-corrected chi connectivity index (χ3v) is 9.49. The van der Waals surface area contributed by atoms with E-state index in [2.05, 4.69) is 101 Å². The van der Waals surface area contributed by atoms with Gasteiger partial charge in [0.25, 0.3) is 10.1 Å². The van der Waals surface area contributed by atoms with Crippen LogP contribution >= 0.6 is 0 Å². The first-order valence-electron chi connectivity index (χ1n) is 15.2. The zero-order chi connectivity index (χ0) is 32.6. The van der Waals surface area contributed by atoms with E-state index in [1.807, 2.05) is 32.0 Å². The highest BCUT2D eigenvalue weighted by Gasteiger charge is 2.27. The van der Waals surface area contributed by atoms with Gasteiger partial charge in [-0.1, -0.05) is 65.7 Å². The predicted molar refractivity (Wildman–Crippen MR) is 187 cm³/mol. The molecule has 5 nitrogen and oxygen atoms in total. The van der Waals surface area contributed by atoms with Gasteiger partial charge in [0.1, 0.15) is 0 Å². The molecule has 6 heteroatoms.